The van der Waals surface area contributed by atoms with Crippen LogP contribution in [0.4, 0.5) is 0 Å². The van der Waals surface area contributed by atoms with E-state index in [9.17, 15) is 0 Å². The van der Waals surface area contributed by atoms with Crippen molar-refractivity contribution in [1.29, 1.82) is 0 Å². The van der Waals surface area contributed by atoms with Crippen molar-refractivity contribution in [3.63, 3.8) is 0 Å². The number of aryl methyl sites for hydroxylation is 2. The van der Waals surface area contributed by atoms with E-state index >= 15 is 0 Å². The number of halogens is 1. The molecular weight excluding hydrogens is 509 g/mol. The molecule has 1 aliphatic heterocycles. The quantitative estimate of drug-likeness (QED) is 0.207. The summed E-state index contributed by atoms with van der Waals surface area (Å²) in [6.07, 6.45) is 8.32. The van der Waals surface area contributed by atoms with Crippen LogP contribution in [0.3, 0.4) is 0 Å². The maximum absolute atomic E-state index is 4.84. The van der Waals surface area contributed by atoms with Gasteiger partial charge in [-0.05, 0) is 57.7 Å². The van der Waals surface area contributed by atoms with Crippen molar-refractivity contribution >= 4 is 41.3 Å². The van der Waals surface area contributed by atoms with Crippen LogP contribution in [0, 0.1) is 5.92 Å². The van der Waals surface area contributed by atoms with E-state index in [1.165, 1.54) is 23.5 Å². The highest BCUT2D eigenvalue weighted by molar-refractivity contribution is 14.0. The van der Waals surface area contributed by atoms with Gasteiger partial charge < -0.3 is 10.6 Å². The summed E-state index contributed by atoms with van der Waals surface area (Å²) >= 11 is 1.79. The van der Waals surface area contributed by atoms with Crippen LogP contribution in [-0.2, 0) is 19.5 Å². The van der Waals surface area contributed by atoms with Crippen molar-refractivity contribution in [2.24, 2.45) is 10.9 Å². The highest BCUT2D eigenvalue weighted by Gasteiger charge is 2.19. The minimum absolute atomic E-state index is 0. The maximum atomic E-state index is 4.84. The Labute approximate surface area is 201 Å². The molecule has 2 aromatic rings. The first-order valence-corrected chi connectivity index (χ1v) is 11.8. The summed E-state index contributed by atoms with van der Waals surface area (Å²) in [5, 5.41) is 14.5. The molecule has 0 aromatic carbocycles. The lowest BCUT2D eigenvalue weighted by molar-refractivity contribution is 0.179. The summed E-state index contributed by atoms with van der Waals surface area (Å²) in [5.74, 6) is 1.61. The Morgan fingerprint density at radius 1 is 1.27 bits per heavy atom. The normalized spacial score (nSPS) is 15.7. The average molecular weight is 546 g/mol. The van der Waals surface area contributed by atoms with E-state index in [4.69, 9.17) is 9.98 Å². The van der Waals surface area contributed by atoms with E-state index in [0.717, 1.165) is 64.6 Å². The lowest BCUT2D eigenvalue weighted by atomic mass is 9.97. The molecule has 9 heteroatoms. The Kier molecular flexibility index (Phi) is 11.7. The van der Waals surface area contributed by atoms with E-state index in [2.05, 4.69) is 39.9 Å². The molecule has 3 heterocycles. The molecule has 0 radical (unpaired) electrons. The van der Waals surface area contributed by atoms with E-state index in [0.29, 0.717) is 5.92 Å². The number of nitrogens with zero attached hydrogens (tertiary/aromatic N) is 5. The van der Waals surface area contributed by atoms with E-state index in [-0.39, 0.29) is 24.0 Å². The zero-order valence-electron chi connectivity index (χ0n) is 18.2. The summed E-state index contributed by atoms with van der Waals surface area (Å²) < 4.78 is 1.97. The molecular formula is C21H36IN7S. The first-order chi connectivity index (χ1) is 14.3. The fourth-order valence-corrected chi connectivity index (χ4v) is 4.32. The Morgan fingerprint density at radius 2 is 2.10 bits per heavy atom. The highest BCUT2D eigenvalue weighted by atomic mass is 127. The summed E-state index contributed by atoms with van der Waals surface area (Å²) in [6, 6.07) is 1.96. The number of piperidine rings is 1. The molecule has 0 saturated carbocycles. The van der Waals surface area contributed by atoms with Gasteiger partial charge >= 0.3 is 0 Å². The SMILES string of the molecule is CCNC(=NCC1CCN(Cc2csc(CC)n2)CC1)NCCCn1cccn1.I. The Balaban J connectivity index is 0.00000320. The number of thiazole rings is 1. The highest BCUT2D eigenvalue weighted by Crippen LogP contribution is 2.20. The minimum atomic E-state index is 0. The second kappa shape index (κ2) is 14.0. The van der Waals surface area contributed by atoms with Gasteiger partial charge in [0.1, 0.15) is 0 Å². The minimum Gasteiger partial charge on any atom is -0.357 e. The van der Waals surface area contributed by atoms with Crippen molar-refractivity contribution in [1.82, 2.24) is 30.3 Å². The standard InChI is InChI=1S/C21H35N7S.HI/c1-3-20-26-19(17-29-20)16-27-13-7-18(8-14-27)15-24-21(22-4-2)23-9-5-11-28-12-6-10-25-28;/h6,10,12,17-18H,3-5,7-9,11,13-16H2,1-2H3,(H2,22,23,24);1H. The number of aliphatic imine (C=N–C) groups is 1. The molecule has 30 heavy (non-hydrogen) atoms. The van der Waals surface area contributed by atoms with Crippen molar-refractivity contribution < 1.29 is 0 Å². The Morgan fingerprint density at radius 3 is 2.77 bits per heavy atom. The Hall–Kier alpha value is -1.20. The third kappa shape index (κ3) is 8.50. The lowest BCUT2D eigenvalue weighted by Crippen LogP contribution is -2.39. The summed E-state index contributed by atoms with van der Waals surface area (Å²) in [5.41, 5.74) is 1.23. The molecule has 1 aliphatic rings. The van der Waals surface area contributed by atoms with Crippen LogP contribution in [-0.4, -0.2) is 58.3 Å². The van der Waals surface area contributed by atoms with Crippen LogP contribution in [0.25, 0.3) is 0 Å². The van der Waals surface area contributed by atoms with Gasteiger partial charge in [0.15, 0.2) is 5.96 Å². The van der Waals surface area contributed by atoms with Crippen LogP contribution in [0.15, 0.2) is 28.8 Å². The van der Waals surface area contributed by atoms with Crippen molar-refractivity contribution in [2.45, 2.75) is 52.6 Å². The van der Waals surface area contributed by atoms with Crippen LogP contribution in [0.2, 0.25) is 0 Å². The average Bonchev–Trinajstić information content (AvgIpc) is 3.42. The number of rotatable bonds is 10. The fourth-order valence-electron chi connectivity index (χ4n) is 3.58. The van der Waals surface area contributed by atoms with Crippen LogP contribution in [0.5, 0.6) is 0 Å². The van der Waals surface area contributed by atoms with Crippen molar-refractivity contribution in [3.05, 3.63) is 34.5 Å². The molecule has 1 saturated heterocycles. The van der Waals surface area contributed by atoms with Crippen molar-refractivity contribution in [3.8, 4) is 0 Å². The molecule has 0 unspecified atom stereocenters. The van der Waals surface area contributed by atoms with Crippen molar-refractivity contribution in [2.75, 3.05) is 32.7 Å². The zero-order valence-corrected chi connectivity index (χ0v) is 21.4. The zero-order chi connectivity index (χ0) is 20.3. The monoisotopic (exact) mass is 545 g/mol. The number of nitrogens with one attached hydrogen (secondary N) is 2. The molecule has 0 amide bonds. The predicted octanol–water partition coefficient (Wildman–Crippen LogP) is 3.38. The molecule has 0 aliphatic carbocycles. The third-order valence-corrected chi connectivity index (χ3v) is 6.30. The molecule has 7 nitrogen and oxygen atoms in total. The van der Waals surface area contributed by atoms with Gasteiger partial charge in [0.2, 0.25) is 0 Å². The predicted molar refractivity (Wildman–Crippen MR) is 136 cm³/mol. The molecule has 1 fully saturated rings. The number of guanidine groups is 1. The first-order valence-electron chi connectivity index (χ1n) is 10.9. The largest absolute Gasteiger partial charge is 0.357 e. The van der Waals surface area contributed by atoms with Gasteiger partial charge in [-0.2, -0.15) is 5.10 Å². The van der Waals surface area contributed by atoms with Crippen LogP contribution >= 0.6 is 35.3 Å². The second-order valence-electron chi connectivity index (χ2n) is 7.57. The second-order valence-corrected chi connectivity index (χ2v) is 8.52. The Bertz CT molecular complexity index is 724. The van der Waals surface area contributed by atoms with Gasteiger partial charge in [0.05, 0.1) is 10.7 Å². The molecule has 168 valence electrons. The topological polar surface area (TPSA) is 70.4 Å². The number of hydrogen-bond acceptors (Lipinski definition) is 5. The van der Waals surface area contributed by atoms with E-state index < -0.39 is 0 Å². The van der Waals surface area contributed by atoms with Gasteiger partial charge in [-0.1, -0.05) is 6.92 Å². The van der Waals surface area contributed by atoms with Gasteiger partial charge in [0, 0.05) is 50.5 Å². The fraction of sp³-hybridized carbons (Fsp3) is 0.667. The lowest BCUT2D eigenvalue weighted by Gasteiger charge is -2.30. The van der Waals surface area contributed by atoms with Gasteiger partial charge in [-0.3, -0.25) is 14.6 Å². The summed E-state index contributed by atoms with van der Waals surface area (Å²) in [6.45, 7) is 11.2. The van der Waals surface area contributed by atoms with Crippen LogP contribution < -0.4 is 10.6 Å². The molecule has 2 N–H and O–H groups in total. The summed E-state index contributed by atoms with van der Waals surface area (Å²) in [7, 11) is 0. The number of aromatic nitrogens is 3. The van der Waals surface area contributed by atoms with Gasteiger partial charge in [-0.15, -0.1) is 35.3 Å². The molecule has 0 bridgehead atoms. The molecule has 2 aromatic heterocycles. The number of likely N-dealkylation sites (tertiary alicyclic amines) is 1. The van der Waals surface area contributed by atoms with Crippen LogP contribution in [0.1, 0.15) is 43.8 Å². The smallest absolute Gasteiger partial charge is 0.191 e. The maximum Gasteiger partial charge on any atom is 0.191 e. The third-order valence-electron chi connectivity index (χ3n) is 5.26. The molecule has 0 spiro atoms. The molecule has 3 rings (SSSR count). The van der Waals surface area contributed by atoms with E-state index in [1.54, 1.807) is 11.3 Å². The van der Waals surface area contributed by atoms with E-state index in [1.807, 2.05) is 23.1 Å². The first kappa shape index (κ1) is 25.1. The summed E-state index contributed by atoms with van der Waals surface area (Å²) in [4.78, 5) is 12.1. The number of hydrogen-bond donors (Lipinski definition) is 2. The van der Waals surface area contributed by atoms with Gasteiger partial charge in [-0.25, -0.2) is 4.98 Å². The molecule has 0 atom stereocenters. The van der Waals surface area contributed by atoms with Gasteiger partial charge in [0.25, 0.3) is 0 Å².